The topological polar surface area (TPSA) is 46.3 Å². The fourth-order valence-electron chi connectivity index (χ4n) is 1.67. The first-order valence-electron chi connectivity index (χ1n) is 6.14. The summed E-state index contributed by atoms with van der Waals surface area (Å²) in [5.74, 6) is 0.180. The first-order valence-corrected chi connectivity index (χ1v) is 6.14. The monoisotopic (exact) mass is 270 g/mol. The van der Waals surface area contributed by atoms with Gasteiger partial charge in [0.1, 0.15) is 0 Å². The van der Waals surface area contributed by atoms with Crippen molar-refractivity contribution in [2.75, 3.05) is 13.6 Å². The average Bonchev–Trinajstić information content (AvgIpc) is 2.38. The molecule has 18 heavy (non-hydrogen) atoms. The molecule has 4 heteroatoms. The summed E-state index contributed by atoms with van der Waals surface area (Å²) in [7, 11) is 1.82. The number of likely N-dealkylation sites (N-methyl/N-ethyl adjacent to an activating group) is 1. The highest BCUT2D eigenvalue weighted by molar-refractivity contribution is 5.85. The van der Waals surface area contributed by atoms with Crippen LogP contribution < -0.4 is 5.73 Å². The summed E-state index contributed by atoms with van der Waals surface area (Å²) in [6.45, 7) is 2.48. The van der Waals surface area contributed by atoms with E-state index in [-0.39, 0.29) is 24.4 Å². The van der Waals surface area contributed by atoms with Crippen LogP contribution in [0.2, 0.25) is 0 Å². The summed E-state index contributed by atoms with van der Waals surface area (Å²) in [6.07, 6.45) is 2.44. The molecule has 2 N–H and O–H groups in total. The maximum absolute atomic E-state index is 11.8. The van der Waals surface area contributed by atoms with Gasteiger partial charge in [-0.05, 0) is 25.3 Å². The molecule has 0 bridgehead atoms. The van der Waals surface area contributed by atoms with Gasteiger partial charge >= 0.3 is 0 Å². The third-order valence-corrected chi connectivity index (χ3v) is 3.09. The molecule has 3 nitrogen and oxygen atoms in total. The normalized spacial score (nSPS) is 11.5. The van der Waals surface area contributed by atoms with Gasteiger partial charge in [-0.2, -0.15) is 0 Å². The number of amides is 1. The minimum absolute atomic E-state index is 0. The standard InChI is InChI=1S/C14H22N2O.ClH/c1-12(11-15)16(2)14(17)10-6-9-13-7-4-3-5-8-13;/h3-5,7-8,12H,6,9-11,15H2,1-2H3;1H. The van der Waals surface area contributed by atoms with E-state index in [0.29, 0.717) is 13.0 Å². The van der Waals surface area contributed by atoms with Crippen LogP contribution in [-0.4, -0.2) is 30.4 Å². The lowest BCUT2D eigenvalue weighted by Crippen LogP contribution is -2.39. The maximum Gasteiger partial charge on any atom is 0.222 e. The van der Waals surface area contributed by atoms with E-state index in [4.69, 9.17) is 5.73 Å². The molecule has 1 rings (SSSR count). The molecule has 0 aliphatic carbocycles. The average molecular weight is 271 g/mol. The minimum atomic E-state index is 0. The van der Waals surface area contributed by atoms with Crippen molar-refractivity contribution in [2.24, 2.45) is 5.73 Å². The zero-order valence-electron chi connectivity index (χ0n) is 11.1. The van der Waals surface area contributed by atoms with E-state index in [0.717, 1.165) is 12.8 Å². The number of hydrogen-bond acceptors (Lipinski definition) is 2. The molecule has 1 unspecified atom stereocenters. The lowest BCUT2D eigenvalue weighted by atomic mass is 10.1. The quantitative estimate of drug-likeness (QED) is 0.862. The molecule has 0 saturated heterocycles. The molecule has 1 atom stereocenters. The molecule has 0 aromatic heterocycles. The highest BCUT2D eigenvalue weighted by Crippen LogP contribution is 2.06. The molecule has 0 saturated carbocycles. The Morgan fingerprint density at radius 2 is 1.94 bits per heavy atom. The predicted octanol–water partition coefficient (Wildman–Crippen LogP) is 2.24. The van der Waals surface area contributed by atoms with Crippen molar-refractivity contribution in [1.29, 1.82) is 0 Å². The first-order chi connectivity index (χ1) is 8.15. The minimum Gasteiger partial charge on any atom is -0.342 e. The third kappa shape index (κ3) is 5.52. The smallest absolute Gasteiger partial charge is 0.222 e. The van der Waals surface area contributed by atoms with Crippen LogP contribution in [0, 0.1) is 0 Å². The van der Waals surface area contributed by atoms with E-state index in [1.807, 2.05) is 32.2 Å². The summed E-state index contributed by atoms with van der Waals surface area (Å²) in [6, 6.07) is 10.4. The molecular weight excluding hydrogens is 248 g/mol. The van der Waals surface area contributed by atoms with Gasteiger partial charge in [0.2, 0.25) is 5.91 Å². The van der Waals surface area contributed by atoms with Crippen molar-refractivity contribution in [2.45, 2.75) is 32.2 Å². The van der Waals surface area contributed by atoms with Crippen molar-refractivity contribution >= 4 is 18.3 Å². The number of aryl methyl sites for hydroxylation is 1. The van der Waals surface area contributed by atoms with Crippen LogP contribution in [0.25, 0.3) is 0 Å². The number of nitrogens with zero attached hydrogens (tertiary/aromatic N) is 1. The molecule has 0 fully saturated rings. The number of carbonyl (C=O) groups excluding carboxylic acids is 1. The second-order valence-corrected chi connectivity index (χ2v) is 4.43. The van der Waals surface area contributed by atoms with Gasteiger partial charge in [0.25, 0.3) is 0 Å². The summed E-state index contributed by atoms with van der Waals surface area (Å²) < 4.78 is 0. The molecule has 1 amide bonds. The van der Waals surface area contributed by atoms with Gasteiger partial charge in [0.15, 0.2) is 0 Å². The van der Waals surface area contributed by atoms with Crippen LogP contribution in [0.15, 0.2) is 30.3 Å². The van der Waals surface area contributed by atoms with Gasteiger partial charge < -0.3 is 10.6 Å². The zero-order valence-corrected chi connectivity index (χ0v) is 12.0. The number of hydrogen-bond donors (Lipinski definition) is 1. The maximum atomic E-state index is 11.8. The summed E-state index contributed by atoms with van der Waals surface area (Å²) in [5, 5.41) is 0. The molecular formula is C14H23ClN2O. The van der Waals surface area contributed by atoms with Crippen LogP contribution >= 0.6 is 12.4 Å². The SMILES string of the molecule is CC(CN)N(C)C(=O)CCCc1ccccc1.Cl. The predicted molar refractivity (Wildman–Crippen MR) is 77.9 cm³/mol. The van der Waals surface area contributed by atoms with Crippen molar-refractivity contribution in [1.82, 2.24) is 4.90 Å². The van der Waals surface area contributed by atoms with E-state index in [1.165, 1.54) is 5.56 Å². The Labute approximate surface area is 116 Å². The number of benzene rings is 1. The number of carbonyl (C=O) groups is 1. The van der Waals surface area contributed by atoms with Crippen LogP contribution in [0.4, 0.5) is 0 Å². The fraction of sp³-hybridized carbons (Fsp3) is 0.500. The van der Waals surface area contributed by atoms with Gasteiger partial charge in [-0.25, -0.2) is 0 Å². The van der Waals surface area contributed by atoms with Gasteiger partial charge in [0, 0.05) is 26.1 Å². The largest absolute Gasteiger partial charge is 0.342 e. The van der Waals surface area contributed by atoms with E-state index in [1.54, 1.807) is 4.90 Å². The van der Waals surface area contributed by atoms with Crippen LogP contribution in [0.1, 0.15) is 25.3 Å². The van der Waals surface area contributed by atoms with Crippen molar-refractivity contribution in [3.8, 4) is 0 Å². The third-order valence-electron chi connectivity index (χ3n) is 3.09. The van der Waals surface area contributed by atoms with E-state index in [9.17, 15) is 4.79 Å². The Morgan fingerprint density at radius 1 is 1.33 bits per heavy atom. The number of rotatable bonds is 6. The second kappa shape index (κ2) is 8.95. The number of halogens is 1. The van der Waals surface area contributed by atoms with Crippen LogP contribution in [-0.2, 0) is 11.2 Å². The zero-order chi connectivity index (χ0) is 12.7. The fourth-order valence-corrected chi connectivity index (χ4v) is 1.67. The van der Waals surface area contributed by atoms with Crippen molar-refractivity contribution in [3.05, 3.63) is 35.9 Å². The molecule has 0 spiro atoms. The van der Waals surface area contributed by atoms with Gasteiger partial charge in [-0.3, -0.25) is 4.79 Å². The summed E-state index contributed by atoms with van der Waals surface area (Å²) >= 11 is 0. The molecule has 102 valence electrons. The Kier molecular flexibility index (Phi) is 8.42. The van der Waals surface area contributed by atoms with E-state index in [2.05, 4.69) is 12.1 Å². The van der Waals surface area contributed by atoms with E-state index < -0.39 is 0 Å². The second-order valence-electron chi connectivity index (χ2n) is 4.43. The Bertz CT molecular complexity index is 343. The molecule has 1 aromatic carbocycles. The lowest BCUT2D eigenvalue weighted by molar-refractivity contribution is -0.131. The van der Waals surface area contributed by atoms with Crippen LogP contribution in [0.3, 0.4) is 0 Å². The van der Waals surface area contributed by atoms with Gasteiger partial charge in [-0.15, -0.1) is 12.4 Å². The summed E-state index contributed by atoms with van der Waals surface area (Å²) in [5.41, 5.74) is 6.82. The first kappa shape index (κ1) is 16.9. The van der Waals surface area contributed by atoms with Crippen LogP contribution in [0.5, 0.6) is 0 Å². The van der Waals surface area contributed by atoms with E-state index >= 15 is 0 Å². The molecule has 0 aliphatic rings. The summed E-state index contributed by atoms with van der Waals surface area (Å²) in [4.78, 5) is 13.5. The Balaban J connectivity index is 0.00000289. The molecule has 1 aromatic rings. The molecule has 0 radical (unpaired) electrons. The van der Waals surface area contributed by atoms with Crippen molar-refractivity contribution < 1.29 is 4.79 Å². The van der Waals surface area contributed by atoms with Gasteiger partial charge in [0.05, 0.1) is 0 Å². The lowest BCUT2D eigenvalue weighted by Gasteiger charge is -2.23. The van der Waals surface area contributed by atoms with Crippen molar-refractivity contribution in [3.63, 3.8) is 0 Å². The molecule has 0 aliphatic heterocycles. The Hall–Kier alpha value is -1.06. The Morgan fingerprint density at radius 3 is 2.50 bits per heavy atom. The molecule has 0 heterocycles. The highest BCUT2D eigenvalue weighted by Gasteiger charge is 2.13. The number of nitrogens with two attached hydrogens (primary N) is 1. The van der Waals surface area contributed by atoms with Gasteiger partial charge in [-0.1, -0.05) is 30.3 Å². The highest BCUT2D eigenvalue weighted by atomic mass is 35.5.